The van der Waals surface area contributed by atoms with E-state index < -0.39 is 11.2 Å². The van der Waals surface area contributed by atoms with Gasteiger partial charge in [-0.3, -0.25) is 14.6 Å². The molecule has 0 atom stereocenters. The fourth-order valence-corrected chi connectivity index (χ4v) is 2.38. The third-order valence-corrected chi connectivity index (χ3v) is 3.39. The zero-order chi connectivity index (χ0) is 13.8. The molecule has 0 aliphatic carbocycles. The summed E-state index contributed by atoms with van der Waals surface area (Å²) in [5, 5.41) is 3.13. The molecule has 2 heterocycles. The van der Waals surface area contributed by atoms with Crippen molar-refractivity contribution in [3.8, 4) is 0 Å². The number of H-pyrrole nitrogens is 2. The topological polar surface area (TPSA) is 98.1 Å². The molecule has 0 bridgehead atoms. The van der Waals surface area contributed by atoms with E-state index in [0.29, 0.717) is 19.0 Å². The number of likely N-dealkylation sites (tertiary alicyclic amines) is 1. The number of amides is 1. The molecule has 3 N–H and O–H groups in total. The van der Waals surface area contributed by atoms with Crippen molar-refractivity contribution in [3.63, 3.8) is 0 Å². The number of carbonyl (C=O) groups is 1. The van der Waals surface area contributed by atoms with Crippen LogP contribution in [0.4, 0.5) is 0 Å². The summed E-state index contributed by atoms with van der Waals surface area (Å²) in [5.41, 5.74) is -1.15. The van der Waals surface area contributed by atoms with Crippen LogP contribution in [0.15, 0.2) is 15.7 Å². The lowest BCUT2D eigenvalue weighted by Gasteiger charge is -2.31. The molecule has 19 heavy (non-hydrogen) atoms. The Hall–Kier alpha value is -1.89. The van der Waals surface area contributed by atoms with Gasteiger partial charge >= 0.3 is 5.69 Å². The van der Waals surface area contributed by atoms with Crippen LogP contribution in [0.1, 0.15) is 23.3 Å². The van der Waals surface area contributed by atoms with Crippen molar-refractivity contribution < 1.29 is 4.79 Å². The Morgan fingerprint density at radius 3 is 2.63 bits per heavy atom. The van der Waals surface area contributed by atoms with Crippen LogP contribution in [0.5, 0.6) is 0 Å². The van der Waals surface area contributed by atoms with Crippen LogP contribution in [0.25, 0.3) is 0 Å². The summed E-state index contributed by atoms with van der Waals surface area (Å²) in [6, 6.07) is 1.13. The molecule has 1 aromatic rings. The van der Waals surface area contributed by atoms with Crippen LogP contribution < -0.4 is 16.6 Å². The molecular weight excluding hydrogens is 248 g/mol. The molecule has 1 saturated heterocycles. The van der Waals surface area contributed by atoms with E-state index >= 15 is 0 Å². The number of piperidine rings is 1. The minimum atomic E-state index is -0.652. The maximum Gasteiger partial charge on any atom is 0.326 e. The largest absolute Gasteiger partial charge is 0.337 e. The molecule has 1 fully saturated rings. The molecule has 1 aliphatic heterocycles. The molecule has 0 saturated carbocycles. The number of hydrogen-bond acceptors (Lipinski definition) is 4. The van der Waals surface area contributed by atoms with E-state index in [9.17, 15) is 14.4 Å². The van der Waals surface area contributed by atoms with Crippen LogP contribution in [-0.2, 0) is 0 Å². The van der Waals surface area contributed by atoms with Crippen molar-refractivity contribution in [2.45, 2.75) is 12.8 Å². The Kier molecular flexibility index (Phi) is 4.16. The Balaban J connectivity index is 2.05. The van der Waals surface area contributed by atoms with Gasteiger partial charge in [-0.15, -0.1) is 0 Å². The predicted octanol–water partition coefficient (Wildman–Crippen LogP) is -0.865. The summed E-state index contributed by atoms with van der Waals surface area (Å²) in [7, 11) is 1.92. The Bertz CT molecular complexity index is 526. The van der Waals surface area contributed by atoms with Gasteiger partial charge in [0, 0.05) is 19.2 Å². The molecule has 0 radical (unpaired) electrons. The first kappa shape index (κ1) is 13.5. The minimum Gasteiger partial charge on any atom is -0.337 e. The second kappa shape index (κ2) is 5.83. The number of aromatic nitrogens is 2. The summed E-state index contributed by atoms with van der Waals surface area (Å²) in [6.07, 6.45) is 1.86. The molecule has 1 amide bonds. The van der Waals surface area contributed by atoms with Gasteiger partial charge in [-0.2, -0.15) is 0 Å². The number of hydrogen-bond donors (Lipinski definition) is 3. The maximum absolute atomic E-state index is 12.2. The minimum absolute atomic E-state index is 0.0563. The Labute approximate surface area is 110 Å². The summed E-state index contributed by atoms with van der Waals surface area (Å²) in [4.78, 5) is 40.6. The molecule has 7 nitrogen and oxygen atoms in total. The van der Waals surface area contributed by atoms with E-state index in [1.165, 1.54) is 0 Å². The molecule has 1 aliphatic rings. The second-order valence-electron chi connectivity index (χ2n) is 4.79. The lowest BCUT2D eigenvalue weighted by Crippen LogP contribution is -2.41. The number of nitrogens with zero attached hydrogens (tertiary/aromatic N) is 1. The summed E-state index contributed by atoms with van der Waals surface area (Å²) >= 11 is 0. The van der Waals surface area contributed by atoms with Gasteiger partial charge in [-0.05, 0) is 32.4 Å². The van der Waals surface area contributed by atoms with Crippen LogP contribution in [0.2, 0.25) is 0 Å². The van der Waals surface area contributed by atoms with Gasteiger partial charge in [0.2, 0.25) is 0 Å². The highest BCUT2D eigenvalue weighted by Gasteiger charge is 2.23. The van der Waals surface area contributed by atoms with E-state index in [2.05, 4.69) is 10.3 Å². The Morgan fingerprint density at radius 2 is 2.05 bits per heavy atom. The van der Waals surface area contributed by atoms with Crippen molar-refractivity contribution in [1.29, 1.82) is 0 Å². The summed E-state index contributed by atoms with van der Waals surface area (Å²) in [6.45, 7) is 2.25. The second-order valence-corrected chi connectivity index (χ2v) is 4.79. The normalized spacial score (nSPS) is 16.6. The fourth-order valence-electron chi connectivity index (χ4n) is 2.38. The highest BCUT2D eigenvalue weighted by Crippen LogP contribution is 2.17. The zero-order valence-corrected chi connectivity index (χ0v) is 10.9. The molecule has 104 valence electrons. The third-order valence-electron chi connectivity index (χ3n) is 3.39. The fraction of sp³-hybridized carbons (Fsp3) is 0.583. The van der Waals surface area contributed by atoms with Crippen LogP contribution in [-0.4, -0.2) is 47.5 Å². The van der Waals surface area contributed by atoms with Gasteiger partial charge in [-0.25, -0.2) is 4.79 Å². The first-order chi connectivity index (χ1) is 9.10. The molecule has 0 aromatic carbocycles. The molecule has 2 rings (SSSR count). The van der Waals surface area contributed by atoms with Crippen molar-refractivity contribution >= 4 is 5.91 Å². The van der Waals surface area contributed by atoms with Crippen molar-refractivity contribution in [2.75, 3.05) is 26.7 Å². The van der Waals surface area contributed by atoms with E-state index in [1.54, 1.807) is 4.90 Å². The average molecular weight is 266 g/mol. The van der Waals surface area contributed by atoms with Crippen molar-refractivity contribution in [1.82, 2.24) is 20.2 Å². The van der Waals surface area contributed by atoms with Gasteiger partial charge in [0.25, 0.3) is 11.5 Å². The number of aromatic amines is 2. The predicted molar refractivity (Wildman–Crippen MR) is 70.2 cm³/mol. The van der Waals surface area contributed by atoms with E-state index in [-0.39, 0.29) is 11.6 Å². The van der Waals surface area contributed by atoms with Crippen molar-refractivity contribution in [2.24, 2.45) is 5.92 Å². The Morgan fingerprint density at radius 1 is 1.37 bits per heavy atom. The van der Waals surface area contributed by atoms with Gasteiger partial charge in [0.15, 0.2) is 0 Å². The van der Waals surface area contributed by atoms with Gasteiger partial charge < -0.3 is 15.2 Å². The van der Waals surface area contributed by atoms with E-state index in [0.717, 1.165) is 25.5 Å². The van der Waals surface area contributed by atoms with E-state index in [1.807, 2.05) is 12.0 Å². The van der Waals surface area contributed by atoms with Crippen molar-refractivity contribution in [3.05, 3.63) is 32.6 Å². The quantitative estimate of drug-likeness (QED) is 0.662. The molecular formula is C12H18N4O3. The third kappa shape index (κ3) is 3.31. The number of rotatable bonds is 3. The lowest BCUT2D eigenvalue weighted by molar-refractivity contribution is 0.0684. The number of carbonyl (C=O) groups excluding carboxylic acids is 1. The SMILES string of the molecule is CNCC1CCN(C(=O)c2cc(=O)[nH]c(=O)[nH]2)CC1. The molecule has 7 heteroatoms. The highest BCUT2D eigenvalue weighted by atomic mass is 16.2. The van der Waals surface area contributed by atoms with Crippen LogP contribution >= 0.6 is 0 Å². The molecule has 1 aromatic heterocycles. The first-order valence-corrected chi connectivity index (χ1v) is 6.37. The van der Waals surface area contributed by atoms with Crippen LogP contribution in [0.3, 0.4) is 0 Å². The standard InChI is InChI=1S/C12H18N4O3/c1-13-7-8-2-4-16(5-3-8)11(18)9-6-10(17)15-12(19)14-9/h6,8,13H,2-5,7H2,1H3,(H2,14,15,17,19). The maximum atomic E-state index is 12.2. The monoisotopic (exact) mass is 266 g/mol. The van der Waals surface area contributed by atoms with Gasteiger partial charge in [-0.1, -0.05) is 0 Å². The summed E-state index contributed by atoms with van der Waals surface area (Å²) in [5.74, 6) is 0.290. The highest BCUT2D eigenvalue weighted by molar-refractivity contribution is 5.92. The molecule has 0 unspecified atom stereocenters. The average Bonchev–Trinajstić information content (AvgIpc) is 2.38. The zero-order valence-electron chi connectivity index (χ0n) is 10.9. The smallest absolute Gasteiger partial charge is 0.326 e. The van der Waals surface area contributed by atoms with Gasteiger partial charge in [0.1, 0.15) is 5.69 Å². The summed E-state index contributed by atoms with van der Waals surface area (Å²) < 4.78 is 0. The first-order valence-electron chi connectivity index (χ1n) is 6.37. The molecule has 0 spiro atoms. The van der Waals surface area contributed by atoms with E-state index in [4.69, 9.17) is 0 Å². The number of nitrogens with one attached hydrogen (secondary N) is 3. The van der Waals surface area contributed by atoms with Crippen LogP contribution in [0, 0.1) is 5.92 Å². The lowest BCUT2D eigenvalue weighted by atomic mass is 9.96. The van der Waals surface area contributed by atoms with Gasteiger partial charge in [0.05, 0.1) is 0 Å².